The molecule has 1 rings (SSSR count). The summed E-state index contributed by atoms with van der Waals surface area (Å²) in [4.78, 5) is 0. The molecule has 0 unspecified atom stereocenters. The molecule has 0 aliphatic heterocycles. The van der Waals surface area contributed by atoms with Crippen molar-refractivity contribution in [1.82, 2.24) is 5.32 Å². The molecule has 108 valence electrons. The lowest BCUT2D eigenvalue weighted by Crippen LogP contribution is -2.24. The summed E-state index contributed by atoms with van der Waals surface area (Å²) in [5.41, 5.74) is 2.92. The van der Waals surface area contributed by atoms with Crippen molar-refractivity contribution in [2.45, 2.75) is 47.0 Å². The average Bonchev–Trinajstić information content (AvgIpc) is 2.34. The number of rotatable bonds is 8. The van der Waals surface area contributed by atoms with E-state index in [1.165, 1.54) is 24.0 Å². The van der Waals surface area contributed by atoms with Crippen LogP contribution in [0.15, 0.2) is 18.2 Å². The van der Waals surface area contributed by atoms with Crippen molar-refractivity contribution in [3.05, 3.63) is 29.3 Å². The quantitative estimate of drug-likeness (QED) is 0.717. The van der Waals surface area contributed by atoms with Gasteiger partial charge >= 0.3 is 0 Å². The van der Waals surface area contributed by atoms with Gasteiger partial charge in [0, 0.05) is 0 Å². The van der Waals surface area contributed by atoms with Gasteiger partial charge in [-0.25, -0.2) is 0 Å². The zero-order valence-corrected chi connectivity index (χ0v) is 13.2. The van der Waals surface area contributed by atoms with E-state index in [9.17, 15) is 0 Å². The van der Waals surface area contributed by atoms with E-state index in [1.54, 1.807) is 7.11 Å². The maximum Gasteiger partial charge on any atom is 0.122 e. The minimum absolute atomic E-state index is 0.293. The van der Waals surface area contributed by atoms with Crippen molar-refractivity contribution in [3.8, 4) is 5.75 Å². The van der Waals surface area contributed by atoms with Crippen LogP contribution in [0.4, 0.5) is 0 Å². The number of benzene rings is 1. The highest BCUT2D eigenvalue weighted by Crippen LogP contribution is 2.30. The van der Waals surface area contributed by atoms with E-state index in [1.807, 2.05) is 0 Å². The summed E-state index contributed by atoms with van der Waals surface area (Å²) in [5.74, 6) is 1.01. The fourth-order valence-electron chi connectivity index (χ4n) is 2.38. The predicted octanol–water partition coefficient (Wildman–Crippen LogP) is 3.96. The molecule has 0 saturated heterocycles. The van der Waals surface area contributed by atoms with Gasteiger partial charge in [-0.1, -0.05) is 38.5 Å². The Hall–Kier alpha value is -1.02. The third-order valence-corrected chi connectivity index (χ3v) is 3.51. The van der Waals surface area contributed by atoms with Gasteiger partial charge in [0.2, 0.25) is 0 Å². The van der Waals surface area contributed by atoms with Crippen LogP contribution in [0, 0.1) is 12.3 Å². The summed E-state index contributed by atoms with van der Waals surface area (Å²) in [5, 5.41) is 3.49. The van der Waals surface area contributed by atoms with Crippen molar-refractivity contribution in [3.63, 3.8) is 0 Å². The van der Waals surface area contributed by atoms with Crippen molar-refractivity contribution < 1.29 is 4.74 Å². The van der Waals surface area contributed by atoms with Crippen LogP contribution in [0.25, 0.3) is 0 Å². The molecule has 2 nitrogen and oxygen atoms in total. The van der Waals surface area contributed by atoms with Gasteiger partial charge in [0.05, 0.1) is 7.11 Å². The Labute approximate surface area is 118 Å². The number of ether oxygens (including phenoxy) is 1. The molecule has 0 aliphatic carbocycles. The molecule has 1 N–H and O–H groups in total. The van der Waals surface area contributed by atoms with E-state index in [4.69, 9.17) is 4.74 Å². The Balaban J connectivity index is 2.63. The van der Waals surface area contributed by atoms with E-state index >= 15 is 0 Å². The van der Waals surface area contributed by atoms with Crippen LogP contribution in [-0.4, -0.2) is 20.2 Å². The minimum Gasteiger partial charge on any atom is -0.496 e. The second-order valence-corrected chi connectivity index (χ2v) is 6.16. The van der Waals surface area contributed by atoms with Crippen molar-refractivity contribution in [2.75, 3.05) is 20.2 Å². The SMILES string of the molecule is CCCNCCC(C)(C)Cc1cc(C)ccc1OC. The molecular weight excluding hydrogens is 234 g/mol. The minimum atomic E-state index is 0.293. The van der Waals surface area contributed by atoms with Gasteiger partial charge in [-0.2, -0.15) is 0 Å². The Kier molecular flexibility index (Phi) is 6.36. The molecule has 2 heteroatoms. The Morgan fingerprint density at radius 3 is 2.58 bits per heavy atom. The molecule has 1 aromatic carbocycles. The summed E-state index contributed by atoms with van der Waals surface area (Å²) in [7, 11) is 1.75. The fourth-order valence-corrected chi connectivity index (χ4v) is 2.38. The Bertz CT molecular complexity index is 385. The second-order valence-electron chi connectivity index (χ2n) is 6.16. The van der Waals surface area contributed by atoms with Crippen molar-refractivity contribution in [1.29, 1.82) is 0 Å². The van der Waals surface area contributed by atoms with Crippen LogP contribution in [0.1, 0.15) is 44.7 Å². The normalized spacial score (nSPS) is 11.6. The topological polar surface area (TPSA) is 21.3 Å². The fraction of sp³-hybridized carbons (Fsp3) is 0.647. The predicted molar refractivity (Wildman–Crippen MR) is 83.0 cm³/mol. The monoisotopic (exact) mass is 263 g/mol. The molecule has 0 aliphatic rings. The maximum absolute atomic E-state index is 5.47. The van der Waals surface area contributed by atoms with Crippen LogP contribution in [0.2, 0.25) is 0 Å². The van der Waals surface area contributed by atoms with Crippen LogP contribution in [0.5, 0.6) is 5.75 Å². The Morgan fingerprint density at radius 1 is 1.21 bits per heavy atom. The highest BCUT2D eigenvalue weighted by atomic mass is 16.5. The molecule has 0 amide bonds. The van der Waals surface area contributed by atoms with Gasteiger partial charge in [-0.05, 0) is 56.3 Å². The molecule has 0 heterocycles. The van der Waals surface area contributed by atoms with E-state index < -0.39 is 0 Å². The Morgan fingerprint density at radius 2 is 1.95 bits per heavy atom. The highest BCUT2D eigenvalue weighted by Gasteiger charge is 2.20. The number of nitrogens with one attached hydrogen (secondary N) is 1. The van der Waals surface area contributed by atoms with Gasteiger partial charge in [0.1, 0.15) is 5.75 Å². The summed E-state index contributed by atoms with van der Waals surface area (Å²) >= 11 is 0. The molecule has 0 atom stereocenters. The molecular formula is C17H29NO. The van der Waals surface area contributed by atoms with E-state index in [2.05, 4.69) is 51.2 Å². The molecule has 0 radical (unpaired) electrons. The number of hydrogen-bond acceptors (Lipinski definition) is 2. The smallest absolute Gasteiger partial charge is 0.122 e. The third-order valence-electron chi connectivity index (χ3n) is 3.51. The number of hydrogen-bond donors (Lipinski definition) is 1. The van der Waals surface area contributed by atoms with Crippen LogP contribution >= 0.6 is 0 Å². The lowest BCUT2D eigenvalue weighted by molar-refractivity contribution is 0.318. The summed E-state index contributed by atoms with van der Waals surface area (Å²) in [6.45, 7) is 11.2. The van der Waals surface area contributed by atoms with Crippen molar-refractivity contribution >= 4 is 0 Å². The number of methoxy groups -OCH3 is 1. The third kappa shape index (κ3) is 5.65. The van der Waals surface area contributed by atoms with Gasteiger partial charge in [0.15, 0.2) is 0 Å². The van der Waals surface area contributed by atoms with Crippen LogP contribution < -0.4 is 10.1 Å². The summed E-state index contributed by atoms with van der Waals surface area (Å²) in [6, 6.07) is 6.44. The lowest BCUT2D eigenvalue weighted by Gasteiger charge is -2.26. The summed E-state index contributed by atoms with van der Waals surface area (Å²) in [6.07, 6.45) is 3.45. The molecule has 19 heavy (non-hydrogen) atoms. The summed E-state index contributed by atoms with van der Waals surface area (Å²) < 4.78 is 5.47. The van der Waals surface area contributed by atoms with E-state index in [0.717, 1.165) is 25.3 Å². The molecule has 0 spiro atoms. The van der Waals surface area contributed by atoms with Gasteiger partial charge < -0.3 is 10.1 Å². The van der Waals surface area contributed by atoms with E-state index in [0.29, 0.717) is 5.41 Å². The first-order valence-corrected chi connectivity index (χ1v) is 7.33. The molecule has 0 fully saturated rings. The van der Waals surface area contributed by atoms with Crippen molar-refractivity contribution in [2.24, 2.45) is 5.41 Å². The first kappa shape index (κ1) is 16.0. The first-order chi connectivity index (χ1) is 8.98. The zero-order chi connectivity index (χ0) is 14.3. The standard InChI is InChI=1S/C17H29NO/c1-6-10-18-11-9-17(3,4)13-15-12-14(2)7-8-16(15)19-5/h7-8,12,18H,6,9-11,13H2,1-5H3. The molecule has 0 saturated carbocycles. The average molecular weight is 263 g/mol. The molecule has 1 aromatic rings. The van der Waals surface area contributed by atoms with Gasteiger partial charge in [-0.3, -0.25) is 0 Å². The maximum atomic E-state index is 5.47. The number of aryl methyl sites for hydroxylation is 1. The van der Waals surface area contributed by atoms with Crippen LogP contribution in [0.3, 0.4) is 0 Å². The van der Waals surface area contributed by atoms with Gasteiger partial charge in [0.25, 0.3) is 0 Å². The first-order valence-electron chi connectivity index (χ1n) is 7.33. The highest BCUT2D eigenvalue weighted by molar-refractivity contribution is 5.37. The van der Waals surface area contributed by atoms with Crippen LogP contribution in [-0.2, 0) is 6.42 Å². The lowest BCUT2D eigenvalue weighted by atomic mass is 9.82. The van der Waals surface area contributed by atoms with E-state index in [-0.39, 0.29) is 0 Å². The molecule has 0 aromatic heterocycles. The molecule has 0 bridgehead atoms. The second kappa shape index (κ2) is 7.54. The van der Waals surface area contributed by atoms with Gasteiger partial charge in [-0.15, -0.1) is 0 Å². The largest absolute Gasteiger partial charge is 0.496 e. The zero-order valence-electron chi connectivity index (χ0n) is 13.2.